The van der Waals surface area contributed by atoms with Gasteiger partial charge in [-0.1, -0.05) is 35.0 Å². The Morgan fingerprint density at radius 2 is 1.67 bits per heavy atom. The highest BCUT2D eigenvalue weighted by atomic mass is 35.7. The standard InChI is InChI=1S/C13H6Cl3NO2S2/c14-9-4-10(15)6-11(5-9)20-12-2-1-8(7-17)3-13(12)21(16,18)19/h1-6H. The molecule has 8 heteroatoms. The number of hydrogen-bond donors (Lipinski definition) is 0. The Kier molecular flexibility index (Phi) is 5.07. The van der Waals surface area contributed by atoms with E-state index in [1.165, 1.54) is 18.2 Å². The zero-order valence-corrected chi connectivity index (χ0v) is 14.1. The van der Waals surface area contributed by atoms with Crippen molar-refractivity contribution in [3.63, 3.8) is 0 Å². The fourth-order valence-electron chi connectivity index (χ4n) is 1.57. The largest absolute Gasteiger partial charge is 0.262 e. The molecule has 0 aromatic heterocycles. The molecule has 0 heterocycles. The van der Waals surface area contributed by atoms with E-state index in [1.54, 1.807) is 18.2 Å². The van der Waals surface area contributed by atoms with Crippen molar-refractivity contribution in [3.05, 3.63) is 52.0 Å². The van der Waals surface area contributed by atoms with Crippen LogP contribution in [0.15, 0.2) is 51.1 Å². The van der Waals surface area contributed by atoms with Crippen molar-refractivity contribution in [1.29, 1.82) is 5.26 Å². The summed E-state index contributed by atoms with van der Waals surface area (Å²) in [5, 5.41) is 9.73. The molecule has 2 rings (SSSR count). The molecule has 0 atom stereocenters. The molecule has 3 nitrogen and oxygen atoms in total. The fraction of sp³-hybridized carbons (Fsp3) is 0. The Labute approximate surface area is 140 Å². The smallest absolute Gasteiger partial charge is 0.207 e. The molecule has 0 saturated heterocycles. The number of hydrogen-bond acceptors (Lipinski definition) is 4. The molecule has 0 aliphatic rings. The number of nitrogens with zero attached hydrogens (tertiary/aromatic N) is 1. The molecular weight excluding hydrogens is 373 g/mol. The maximum absolute atomic E-state index is 11.6. The van der Waals surface area contributed by atoms with Crippen molar-refractivity contribution < 1.29 is 8.42 Å². The molecular formula is C13H6Cl3NO2S2. The van der Waals surface area contributed by atoms with E-state index in [2.05, 4.69) is 0 Å². The molecule has 0 aliphatic heterocycles. The third kappa shape index (κ3) is 4.29. The molecule has 2 aromatic carbocycles. The van der Waals surface area contributed by atoms with Gasteiger partial charge in [-0.25, -0.2) is 8.42 Å². The van der Waals surface area contributed by atoms with Crippen LogP contribution in [-0.4, -0.2) is 8.42 Å². The van der Waals surface area contributed by atoms with Crippen LogP contribution in [0.2, 0.25) is 10.0 Å². The second-order valence-corrected chi connectivity index (χ2v) is 8.44. The van der Waals surface area contributed by atoms with Crippen LogP contribution in [0.1, 0.15) is 5.56 Å². The third-order valence-corrected chi connectivity index (χ3v) is 5.37. The summed E-state index contributed by atoms with van der Waals surface area (Å²) in [6, 6.07) is 11.0. The van der Waals surface area contributed by atoms with Gasteiger partial charge in [0.1, 0.15) is 0 Å². The second kappa shape index (κ2) is 6.47. The summed E-state index contributed by atoms with van der Waals surface area (Å²) in [5.41, 5.74) is 0.211. The Morgan fingerprint density at radius 3 is 2.19 bits per heavy atom. The van der Waals surface area contributed by atoms with Crippen molar-refractivity contribution in [2.24, 2.45) is 0 Å². The quantitative estimate of drug-likeness (QED) is 0.709. The Bertz CT molecular complexity index is 825. The lowest BCUT2D eigenvalue weighted by Gasteiger charge is -2.08. The van der Waals surface area contributed by atoms with Crippen LogP contribution in [0.4, 0.5) is 0 Å². The zero-order chi connectivity index (χ0) is 15.6. The Balaban J connectivity index is 2.52. The summed E-state index contributed by atoms with van der Waals surface area (Å²) in [7, 11) is 1.45. The van der Waals surface area contributed by atoms with E-state index < -0.39 is 9.05 Å². The van der Waals surface area contributed by atoms with Crippen molar-refractivity contribution in [1.82, 2.24) is 0 Å². The number of benzene rings is 2. The topological polar surface area (TPSA) is 57.9 Å². The lowest BCUT2D eigenvalue weighted by Crippen LogP contribution is -1.95. The van der Waals surface area contributed by atoms with Gasteiger partial charge < -0.3 is 0 Å². The molecule has 0 unspecified atom stereocenters. The second-order valence-electron chi connectivity index (χ2n) is 3.92. The average molecular weight is 379 g/mol. The number of halogens is 3. The van der Waals surface area contributed by atoms with E-state index in [1.807, 2.05) is 6.07 Å². The number of rotatable bonds is 3. The van der Waals surface area contributed by atoms with Gasteiger partial charge in [0.15, 0.2) is 0 Å². The summed E-state index contributed by atoms with van der Waals surface area (Å²) in [5.74, 6) is 0. The zero-order valence-electron chi connectivity index (χ0n) is 10.2. The van der Waals surface area contributed by atoms with Gasteiger partial charge in [-0.2, -0.15) is 5.26 Å². The lowest BCUT2D eigenvalue weighted by molar-refractivity contribution is 0.607. The lowest BCUT2D eigenvalue weighted by atomic mass is 10.2. The third-order valence-electron chi connectivity index (χ3n) is 2.40. The first-order valence-electron chi connectivity index (χ1n) is 5.42. The predicted octanol–water partition coefficient (Wildman–Crippen LogP) is 4.94. The van der Waals surface area contributed by atoms with Gasteiger partial charge in [0, 0.05) is 30.5 Å². The molecule has 0 N–H and O–H groups in total. The summed E-state index contributed by atoms with van der Waals surface area (Å²) in [4.78, 5) is 0.936. The molecule has 0 spiro atoms. The van der Waals surface area contributed by atoms with Crippen LogP contribution in [-0.2, 0) is 9.05 Å². The van der Waals surface area contributed by atoms with Gasteiger partial charge in [-0.3, -0.25) is 0 Å². The van der Waals surface area contributed by atoms with E-state index in [0.717, 1.165) is 11.8 Å². The Morgan fingerprint density at radius 1 is 1.05 bits per heavy atom. The molecule has 0 bridgehead atoms. The van der Waals surface area contributed by atoms with Gasteiger partial charge in [0.2, 0.25) is 0 Å². The van der Waals surface area contributed by atoms with Crippen LogP contribution in [0, 0.1) is 11.3 Å². The normalized spacial score (nSPS) is 11.1. The minimum Gasteiger partial charge on any atom is -0.207 e. The molecule has 0 radical (unpaired) electrons. The first-order chi connectivity index (χ1) is 9.79. The molecule has 0 saturated carbocycles. The minimum absolute atomic E-state index is 0.121. The molecule has 0 fully saturated rings. The van der Waals surface area contributed by atoms with Crippen LogP contribution in [0.25, 0.3) is 0 Å². The van der Waals surface area contributed by atoms with Gasteiger partial charge in [0.25, 0.3) is 9.05 Å². The van der Waals surface area contributed by atoms with Crippen LogP contribution in [0.3, 0.4) is 0 Å². The van der Waals surface area contributed by atoms with E-state index in [0.29, 0.717) is 19.8 Å². The highest BCUT2D eigenvalue weighted by molar-refractivity contribution is 8.14. The van der Waals surface area contributed by atoms with Crippen LogP contribution >= 0.6 is 45.6 Å². The Hall–Kier alpha value is -0.900. The summed E-state index contributed by atoms with van der Waals surface area (Å²) >= 11 is 13.0. The van der Waals surface area contributed by atoms with E-state index in [-0.39, 0.29) is 10.5 Å². The first kappa shape index (κ1) is 16.5. The fourth-order valence-corrected chi connectivity index (χ4v) is 4.69. The maximum Gasteiger partial charge on any atom is 0.262 e. The first-order valence-corrected chi connectivity index (χ1v) is 9.30. The van der Waals surface area contributed by atoms with Crippen LogP contribution < -0.4 is 0 Å². The molecule has 0 amide bonds. The maximum atomic E-state index is 11.6. The summed E-state index contributed by atoms with van der Waals surface area (Å²) in [6.07, 6.45) is 0. The van der Waals surface area contributed by atoms with E-state index in [4.69, 9.17) is 39.1 Å². The van der Waals surface area contributed by atoms with Crippen molar-refractivity contribution in [2.45, 2.75) is 14.7 Å². The highest BCUT2D eigenvalue weighted by Crippen LogP contribution is 2.37. The van der Waals surface area contributed by atoms with E-state index >= 15 is 0 Å². The number of nitriles is 1. The molecule has 108 valence electrons. The van der Waals surface area contributed by atoms with Crippen molar-refractivity contribution in [3.8, 4) is 6.07 Å². The monoisotopic (exact) mass is 377 g/mol. The van der Waals surface area contributed by atoms with Gasteiger partial charge in [0.05, 0.1) is 16.5 Å². The minimum atomic E-state index is -3.97. The van der Waals surface area contributed by atoms with Gasteiger partial charge in [-0.05, 0) is 36.4 Å². The molecule has 0 aliphatic carbocycles. The van der Waals surface area contributed by atoms with Crippen molar-refractivity contribution in [2.75, 3.05) is 0 Å². The van der Waals surface area contributed by atoms with Gasteiger partial charge in [-0.15, -0.1) is 0 Å². The van der Waals surface area contributed by atoms with Crippen molar-refractivity contribution >= 4 is 54.7 Å². The average Bonchev–Trinajstić information content (AvgIpc) is 2.36. The molecule has 2 aromatic rings. The molecule has 21 heavy (non-hydrogen) atoms. The predicted molar refractivity (Wildman–Crippen MR) is 84.8 cm³/mol. The SMILES string of the molecule is N#Cc1ccc(Sc2cc(Cl)cc(Cl)c2)c(S(=O)(=O)Cl)c1. The highest BCUT2D eigenvalue weighted by Gasteiger charge is 2.17. The summed E-state index contributed by atoms with van der Waals surface area (Å²) < 4.78 is 23.3. The van der Waals surface area contributed by atoms with Crippen LogP contribution in [0.5, 0.6) is 0 Å². The summed E-state index contributed by atoms with van der Waals surface area (Å²) in [6.45, 7) is 0. The van der Waals surface area contributed by atoms with Gasteiger partial charge >= 0.3 is 0 Å². The van der Waals surface area contributed by atoms with E-state index in [9.17, 15) is 8.42 Å².